The molecule has 0 saturated carbocycles. The van der Waals surface area contributed by atoms with E-state index in [1.165, 1.54) is 0 Å². The van der Waals surface area contributed by atoms with Crippen molar-refractivity contribution in [2.24, 2.45) is 5.92 Å². The van der Waals surface area contributed by atoms with Gasteiger partial charge in [0.25, 0.3) is 0 Å². The number of alkyl halides is 3. The van der Waals surface area contributed by atoms with E-state index in [9.17, 15) is 22.4 Å². The first-order valence-electron chi connectivity index (χ1n) is 7.83. The number of hydrogen-bond acceptors (Lipinski definition) is 3. The van der Waals surface area contributed by atoms with Crippen LogP contribution in [-0.2, 0) is 4.79 Å². The number of amides is 1. The summed E-state index contributed by atoms with van der Waals surface area (Å²) < 4.78 is 54.7. The minimum Gasteiger partial charge on any atom is -0.482 e. The van der Waals surface area contributed by atoms with Crippen LogP contribution in [0.3, 0.4) is 0 Å². The molecule has 1 saturated heterocycles. The summed E-state index contributed by atoms with van der Waals surface area (Å²) in [5.74, 6) is -0.784. The molecular weight excluding hydrogens is 364 g/mol. The number of benzene rings is 1. The zero-order chi connectivity index (χ0) is 17.6. The molecule has 0 unspecified atom stereocenters. The van der Waals surface area contributed by atoms with Crippen LogP contribution in [0.15, 0.2) is 18.2 Å². The van der Waals surface area contributed by atoms with Crippen LogP contribution in [-0.4, -0.2) is 31.8 Å². The number of carbonyl (C=O) groups is 1. The molecular formula is C16H21ClF4N2O2. The Hall–Kier alpha value is -1.54. The van der Waals surface area contributed by atoms with Crippen molar-refractivity contribution in [2.45, 2.75) is 31.9 Å². The van der Waals surface area contributed by atoms with Crippen LogP contribution in [0.2, 0.25) is 0 Å². The summed E-state index contributed by atoms with van der Waals surface area (Å²) in [4.78, 5) is 12.0. The second kappa shape index (κ2) is 9.82. The average Bonchev–Trinajstić information content (AvgIpc) is 2.52. The predicted molar refractivity (Wildman–Crippen MR) is 88.7 cm³/mol. The molecule has 0 aliphatic carbocycles. The number of carbonyl (C=O) groups excluding carboxylic acids is 1. The molecule has 9 heteroatoms. The summed E-state index contributed by atoms with van der Waals surface area (Å²) in [5, 5.41) is 5.67. The number of hydrogen-bond donors (Lipinski definition) is 2. The third kappa shape index (κ3) is 7.92. The third-order valence-electron chi connectivity index (χ3n) is 3.85. The van der Waals surface area contributed by atoms with Gasteiger partial charge >= 0.3 is 6.18 Å². The van der Waals surface area contributed by atoms with Gasteiger partial charge in [-0.2, -0.15) is 13.2 Å². The van der Waals surface area contributed by atoms with Gasteiger partial charge in [0.2, 0.25) is 5.91 Å². The van der Waals surface area contributed by atoms with Gasteiger partial charge in [-0.1, -0.05) is 0 Å². The van der Waals surface area contributed by atoms with Gasteiger partial charge in [-0.3, -0.25) is 4.79 Å². The molecule has 0 aromatic heterocycles. The maximum atomic E-state index is 13.3. The van der Waals surface area contributed by atoms with Crippen molar-refractivity contribution in [3.8, 4) is 5.75 Å². The summed E-state index contributed by atoms with van der Waals surface area (Å²) in [7, 11) is 0. The summed E-state index contributed by atoms with van der Waals surface area (Å²) in [6.45, 7) is 0.341. The van der Waals surface area contributed by atoms with E-state index >= 15 is 0 Å². The van der Waals surface area contributed by atoms with E-state index < -0.39 is 18.6 Å². The van der Waals surface area contributed by atoms with E-state index in [1.54, 1.807) is 0 Å². The highest BCUT2D eigenvalue weighted by Crippen LogP contribution is 2.28. The Labute approximate surface area is 149 Å². The number of nitrogens with one attached hydrogen (secondary N) is 2. The van der Waals surface area contributed by atoms with Gasteiger partial charge in [-0.15, -0.1) is 12.4 Å². The first-order chi connectivity index (χ1) is 11.3. The minimum atomic E-state index is -4.51. The summed E-state index contributed by atoms with van der Waals surface area (Å²) in [5.41, 5.74) is -0.0884. The van der Waals surface area contributed by atoms with Crippen LogP contribution < -0.4 is 15.4 Å². The average molecular weight is 385 g/mol. The van der Waals surface area contributed by atoms with Gasteiger partial charge in [0.05, 0.1) is 5.69 Å². The van der Waals surface area contributed by atoms with Gasteiger partial charge in [0, 0.05) is 12.5 Å². The number of ether oxygens (including phenoxy) is 1. The van der Waals surface area contributed by atoms with Gasteiger partial charge in [0.15, 0.2) is 6.61 Å². The molecule has 25 heavy (non-hydrogen) atoms. The van der Waals surface area contributed by atoms with Crippen molar-refractivity contribution in [2.75, 3.05) is 25.0 Å². The Morgan fingerprint density at radius 1 is 1.28 bits per heavy atom. The fourth-order valence-electron chi connectivity index (χ4n) is 2.60. The van der Waals surface area contributed by atoms with Crippen molar-refractivity contribution in [3.63, 3.8) is 0 Å². The molecule has 1 aromatic rings. The van der Waals surface area contributed by atoms with Gasteiger partial charge in [0.1, 0.15) is 11.6 Å². The van der Waals surface area contributed by atoms with Gasteiger partial charge in [-0.05, 0) is 50.4 Å². The van der Waals surface area contributed by atoms with Crippen LogP contribution >= 0.6 is 12.4 Å². The molecule has 1 aromatic carbocycles. The maximum absolute atomic E-state index is 13.3. The number of piperidine rings is 1. The first-order valence-corrected chi connectivity index (χ1v) is 7.83. The quantitative estimate of drug-likeness (QED) is 0.731. The van der Waals surface area contributed by atoms with Crippen LogP contribution in [0.1, 0.15) is 25.7 Å². The van der Waals surface area contributed by atoms with Crippen molar-refractivity contribution >= 4 is 24.0 Å². The van der Waals surface area contributed by atoms with E-state index in [2.05, 4.69) is 15.4 Å². The standard InChI is InChI=1S/C16H20F4N2O2.ClH/c17-12-2-3-14(24-10-16(18,19)20)13(9-12)22-15(23)4-1-11-5-7-21-8-6-11;/h2-3,9,11,21H,1,4-8,10H2,(H,22,23);1H. The number of rotatable bonds is 6. The van der Waals surface area contributed by atoms with E-state index in [4.69, 9.17) is 0 Å². The summed E-state index contributed by atoms with van der Waals surface area (Å²) in [6, 6.07) is 3.01. The van der Waals surface area contributed by atoms with Gasteiger partial charge < -0.3 is 15.4 Å². The second-order valence-electron chi connectivity index (χ2n) is 5.82. The predicted octanol–water partition coefficient (Wildman–Crippen LogP) is 3.91. The van der Waals surface area contributed by atoms with Crippen molar-refractivity contribution < 1.29 is 27.1 Å². The van der Waals surface area contributed by atoms with Crippen LogP contribution in [0.25, 0.3) is 0 Å². The monoisotopic (exact) mass is 384 g/mol. The van der Waals surface area contributed by atoms with Crippen LogP contribution in [0.5, 0.6) is 5.75 Å². The lowest BCUT2D eigenvalue weighted by Gasteiger charge is -2.22. The number of anilines is 1. The SMILES string of the molecule is Cl.O=C(CCC1CCNCC1)Nc1cc(F)ccc1OCC(F)(F)F. The topological polar surface area (TPSA) is 50.4 Å². The molecule has 1 aliphatic heterocycles. The van der Waals surface area contributed by atoms with Crippen molar-refractivity contribution in [1.82, 2.24) is 5.32 Å². The Bertz CT molecular complexity index is 564. The zero-order valence-electron chi connectivity index (χ0n) is 13.5. The maximum Gasteiger partial charge on any atom is 0.422 e. The molecule has 0 atom stereocenters. The van der Waals surface area contributed by atoms with Crippen molar-refractivity contribution in [3.05, 3.63) is 24.0 Å². The summed E-state index contributed by atoms with van der Waals surface area (Å²) in [6.07, 6.45) is -1.59. The zero-order valence-corrected chi connectivity index (χ0v) is 14.3. The number of halogens is 5. The Balaban J connectivity index is 0.00000312. The second-order valence-corrected chi connectivity index (χ2v) is 5.82. The fraction of sp³-hybridized carbons (Fsp3) is 0.562. The van der Waals surface area contributed by atoms with E-state index in [1.807, 2.05) is 0 Å². The molecule has 4 nitrogen and oxygen atoms in total. The normalized spacial score (nSPS) is 15.4. The van der Waals surface area contributed by atoms with Crippen LogP contribution in [0, 0.1) is 11.7 Å². The molecule has 1 heterocycles. The fourth-order valence-corrected chi connectivity index (χ4v) is 2.60. The Morgan fingerprint density at radius 3 is 2.60 bits per heavy atom. The highest BCUT2D eigenvalue weighted by molar-refractivity contribution is 5.92. The Morgan fingerprint density at radius 2 is 1.96 bits per heavy atom. The smallest absolute Gasteiger partial charge is 0.422 e. The lowest BCUT2D eigenvalue weighted by atomic mass is 9.93. The molecule has 2 N–H and O–H groups in total. The molecule has 2 rings (SSSR count). The molecule has 0 spiro atoms. The van der Waals surface area contributed by atoms with Crippen LogP contribution in [0.4, 0.5) is 23.2 Å². The molecule has 1 aliphatic rings. The van der Waals surface area contributed by atoms with Gasteiger partial charge in [-0.25, -0.2) is 4.39 Å². The molecule has 0 bridgehead atoms. The van der Waals surface area contributed by atoms with E-state index in [0.29, 0.717) is 12.3 Å². The van der Waals surface area contributed by atoms with E-state index in [-0.39, 0.29) is 36.2 Å². The molecule has 1 amide bonds. The Kier molecular flexibility index (Phi) is 8.44. The third-order valence-corrected chi connectivity index (χ3v) is 3.85. The highest BCUT2D eigenvalue weighted by atomic mass is 35.5. The highest BCUT2D eigenvalue weighted by Gasteiger charge is 2.29. The lowest BCUT2D eigenvalue weighted by Crippen LogP contribution is -2.28. The first kappa shape index (κ1) is 21.5. The minimum absolute atomic E-state index is 0. The largest absolute Gasteiger partial charge is 0.482 e. The summed E-state index contributed by atoms with van der Waals surface area (Å²) >= 11 is 0. The lowest BCUT2D eigenvalue weighted by molar-refractivity contribution is -0.153. The molecule has 0 radical (unpaired) electrons. The molecule has 1 fully saturated rings. The van der Waals surface area contributed by atoms with E-state index in [0.717, 1.165) is 44.1 Å². The van der Waals surface area contributed by atoms with Crippen molar-refractivity contribution in [1.29, 1.82) is 0 Å². The molecule has 142 valence electrons.